The zero-order valence-electron chi connectivity index (χ0n) is 14.9. The number of hydrogen-bond donors (Lipinski definition) is 1. The summed E-state index contributed by atoms with van der Waals surface area (Å²) in [5.41, 5.74) is 4.06. The monoisotopic (exact) mass is 336 g/mol. The molecule has 130 valence electrons. The van der Waals surface area contributed by atoms with Gasteiger partial charge in [0.05, 0.1) is 11.8 Å². The summed E-state index contributed by atoms with van der Waals surface area (Å²) < 4.78 is 6.25. The minimum Gasteiger partial charge on any atom is -0.507 e. The fourth-order valence-corrected chi connectivity index (χ4v) is 3.71. The summed E-state index contributed by atoms with van der Waals surface area (Å²) in [5, 5.41) is 17.3. The lowest BCUT2D eigenvalue weighted by Gasteiger charge is -2.38. The van der Waals surface area contributed by atoms with Crippen LogP contribution in [0.4, 0.5) is 0 Å². The average molecular weight is 336 g/mol. The number of aryl methyl sites for hydroxylation is 1. The van der Waals surface area contributed by atoms with Gasteiger partial charge in [0.1, 0.15) is 11.5 Å². The highest BCUT2D eigenvalue weighted by molar-refractivity contribution is 6.04. The van der Waals surface area contributed by atoms with Crippen molar-refractivity contribution in [3.05, 3.63) is 59.2 Å². The van der Waals surface area contributed by atoms with E-state index in [4.69, 9.17) is 9.84 Å². The minimum absolute atomic E-state index is 0.0654. The highest BCUT2D eigenvalue weighted by Gasteiger charge is 2.40. The maximum Gasteiger partial charge on any atom is 0.188 e. The molecule has 2 aliphatic heterocycles. The Bertz CT molecular complexity index is 828. The Morgan fingerprint density at radius 2 is 2.04 bits per heavy atom. The summed E-state index contributed by atoms with van der Waals surface area (Å²) >= 11 is 0. The van der Waals surface area contributed by atoms with Crippen LogP contribution in [0.3, 0.4) is 0 Å². The molecule has 0 bridgehead atoms. The van der Waals surface area contributed by atoms with Crippen molar-refractivity contribution >= 4 is 5.71 Å². The number of hydrogen-bond acceptors (Lipinski definition) is 4. The van der Waals surface area contributed by atoms with Crippen molar-refractivity contribution in [2.24, 2.45) is 11.0 Å². The number of hydrazone groups is 1. The smallest absolute Gasteiger partial charge is 0.188 e. The lowest BCUT2D eigenvalue weighted by atomic mass is 9.95. The molecule has 0 radical (unpaired) electrons. The van der Waals surface area contributed by atoms with Gasteiger partial charge in [-0.3, -0.25) is 5.01 Å². The summed E-state index contributed by atoms with van der Waals surface area (Å²) in [5.74, 6) is 1.76. The molecule has 4 nitrogen and oxygen atoms in total. The van der Waals surface area contributed by atoms with E-state index < -0.39 is 0 Å². The molecule has 0 aromatic heterocycles. The van der Waals surface area contributed by atoms with Gasteiger partial charge in [0, 0.05) is 24.0 Å². The fourth-order valence-electron chi connectivity index (χ4n) is 3.71. The molecule has 0 unspecified atom stereocenters. The predicted octanol–water partition coefficient (Wildman–Crippen LogP) is 4.62. The summed E-state index contributed by atoms with van der Waals surface area (Å²) in [6.07, 6.45) is 1.64. The van der Waals surface area contributed by atoms with Gasteiger partial charge in [-0.05, 0) is 31.0 Å². The predicted molar refractivity (Wildman–Crippen MR) is 98.9 cm³/mol. The van der Waals surface area contributed by atoms with Crippen LogP contribution < -0.4 is 4.74 Å². The van der Waals surface area contributed by atoms with Crippen molar-refractivity contribution in [1.29, 1.82) is 0 Å². The first-order valence-corrected chi connectivity index (χ1v) is 8.94. The van der Waals surface area contributed by atoms with Gasteiger partial charge in [-0.2, -0.15) is 5.10 Å². The number of aromatic hydroxyl groups is 1. The van der Waals surface area contributed by atoms with E-state index in [9.17, 15) is 5.11 Å². The van der Waals surface area contributed by atoms with Crippen LogP contribution in [0.15, 0.2) is 47.6 Å². The standard InChI is InChI=1S/C21H24N2O2/c1-13(2)10-21-23-18(15-6-4-5-7-20(15)25-21)12-17(22-23)16-11-14(3)8-9-19(16)24/h4-9,11,13,18,21,24H,10,12H2,1-3H3/t18-,21-/m1/s1. The van der Waals surface area contributed by atoms with E-state index in [1.807, 2.05) is 37.3 Å². The van der Waals surface area contributed by atoms with Gasteiger partial charge >= 0.3 is 0 Å². The Hall–Kier alpha value is -2.49. The number of rotatable bonds is 3. The van der Waals surface area contributed by atoms with Gasteiger partial charge in [-0.15, -0.1) is 0 Å². The number of benzene rings is 2. The molecule has 25 heavy (non-hydrogen) atoms. The van der Waals surface area contributed by atoms with E-state index in [2.05, 4.69) is 24.9 Å². The summed E-state index contributed by atoms with van der Waals surface area (Å²) in [6, 6.07) is 14.1. The molecule has 2 heterocycles. The molecular formula is C21H24N2O2. The Morgan fingerprint density at radius 3 is 2.84 bits per heavy atom. The Labute approximate surface area is 148 Å². The molecule has 0 spiro atoms. The zero-order chi connectivity index (χ0) is 17.6. The second kappa shape index (κ2) is 6.10. The maximum atomic E-state index is 10.3. The minimum atomic E-state index is -0.0654. The van der Waals surface area contributed by atoms with E-state index in [0.717, 1.165) is 35.4 Å². The first-order valence-electron chi connectivity index (χ1n) is 8.94. The van der Waals surface area contributed by atoms with Gasteiger partial charge in [-0.25, -0.2) is 0 Å². The quantitative estimate of drug-likeness (QED) is 0.890. The Kier molecular flexibility index (Phi) is 3.91. The molecule has 1 N–H and O–H groups in total. The van der Waals surface area contributed by atoms with Crippen LogP contribution in [0.25, 0.3) is 0 Å². The topological polar surface area (TPSA) is 45.1 Å². The van der Waals surface area contributed by atoms with Crippen molar-refractivity contribution in [3.63, 3.8) is 0 Å². The third kappa shape index (κ3) is 2.86. The van der Waals surface area contributed by atoms with Crippen molar-refractivity contribution in [1.82, 2.24) is 5.01 Å². The largest absolute Gasteiger partial charge is 0.507 e. The van der Waals surface area contributed by atoms with Crippen LogP contribution in [-0.2, 0) is 0 Å². The van der Waals surface area contributed by atoms with E-state index in [0.29, 0.717) is 11.7 Å². The number of ether oxygens (including phenoxy) is 1. The van der Waals surface area contributed by atoms with Crippen LogP contribution in [0, 0.1) is 12.8 Å². The van der Waals surface area contributed by atoms with Gasteiger partial charge in [0.25, 0.3) is 0 Å². The molecule has 0 amide bonds. The third-order valence-electron chi connectivity index (χ3n) is 4.91. The first kappa shape index (κ1) is 16.0. The molecular weight excluding hydrogens is 312 g/mol. The molecule has 2 atom stereocenters. The Balaban J connectivity index is 1.75. The highest BCUT2D eigenvalue weighted by atomic mass is 16.5. The van der Waals surface area contributed by atoms with E-state index in [1.54, 1.807) is 6.07 Å². The summed E-state index contributed by atoms with van der Waals surface area (Å²) in [6.45, 7) is 6.43. The van der Waals surface area contributed by atoms with Crippen molar-refractivity contribution < 1.29 is 9.84 Å². The molecule has 0 saturated heterocycles. The molecule has 4 heteroatoms. The van der Waals surface area contributed by atoms with Gasteiger partial charge < -0.3 is 9.84 Å². The number of phenols is 1. The first-order chi connectivity index (χ1) is 12.0. The van der Waals surface area contributed by atoms with Crippen LogP contribution in [0.5, 0.6) is 11.5 Å². The molecule has 0 saturated carbocycles. The highest BCUT2D eigenvalue weighted by Crippen LogP contribution is 2.44. The third-order valence-corrected chi connectivity index (χ3v) is 4.91. The number of nitrogens with zero attached hydrogens (tertiary/aromatic N) is 2. The molecule has 2 aromatic rings. The molecule has 2 aromatic carbocycles. The summed E-state index contributed by atoms with van der Waals surface area (Å²) in [4.78, 5) is 0. The van der Waals surface area contributed by atoms with Crippen molar-refractivity contribution in [2.45, 2.75) is 45.9 Å². The SMILES string of the molecule is Cc1ccc(O)c(C2=NN3[C@H](C2)c2ccccc2O[C@@H]3CC(C)C)c1. The lowest BCUT2D eigenvalue weighted by molar-refractivity contribution is -0.0291. The summed E-state index contributed by atoms with van der Waals surface area (Å²) in [7, 11) is 0. The molecule has 0 fully saturated rings. The fraction of sp³-hybridized carbons (Fsp3) is 0.381. The zero-order valence-corrected chi connectivity index (χ0v) is 14.9. The van der Waals surface area contributed by atoms with Gasteiger partial charge in [-0.1, -0.05) is 43.7 Å². The second-order valence-corrected chi connectivity index (χ2v) is 7.41. The average Bonchev–Trinajstić information content (AvgIpc) is 3.02. The second-order valence-electron chi connectivity index (χ2n) is 7.41. The van der Waals surface area contributed by atoms with Crippen molar-refractivity contribution in [2.75, 3.05) is 0 Å². The number of phenolic OH excluding ortho intramolecular Hbond substituents is 1. The van der Waals surface area contributed by atoms with Crippen LogP contribution >= 0.6 is 0 Å². The normalized spacial score (nSPS) is 21.6. The maximum absolute atomic E-state index is 10.3. The Morgan fingerprint density at radius 1 is 1.24 bits per heavy atom. The van der Waals surface area contributed by atoms with E-state index >= 15 is 0 Å². The lowest BCUT2D eigenvalue weighted by Crippen LogP contribution is -2.41. The number of fused-ring (bicyclic) bond motifs is 3. The van der Waals surface area contributed by atoms with Crippen molar-refractivity contribution in [3.8, 4) is 11.5 Å². The number of para-hydroxylation sites is 1. The van der Waals surface area contributed by atoms with Crippen LogP contribution in [-0.4, -0.2) is 22.1 Å². The van der Waals surface area contributed by atoms with Gasteiger partial charge in [0.2, 0.25) is 0 Å². The molecule has 4 rings (SSSR count). The molecule has 2 aliphatic rings. The van der Waals surface area contributed by atoms with Crippen LogP contribution in [0.1, 0.15) is 49.4 Å². The van der Waals surface area contributed by atoms with Gasteiger partial charge in [0.15, 0.2) is 6.23 Å². The van der Waals surface area contributed by atoms with E-state index in [-0.39, 0.29) is 12.3 Å². The van der Waals surface area contributed by atoms with Crippen LogP contribution in [0.2, 0.25) is 0 Å². The molecule has 0 aliphatic carbocycles. The van der Waals surface area contributed by atoms with E-state index in [1.165, 1.54) is 5.56 Å².